The third kappa shape index (κ3) is 3.42. The van der Waals surface area contributed by atoms with Gasteiger partial charge in [0, 0.05) is 12.1 Å². The molecule has 0 radical (unpaired) electrons. The van der Waals surface area contributed by atoms with Gasteiger partial charge in [0.2, 0.25) is 0 Å². The van der Waals surface area contributed by atoms with Gasteiger partial charge >= 0.3 is 0 Å². The van der Waals surface area contributed by atoms with E-state index in [2.05, 4.69) is 11.9 Å². The standard InChI is InChI=1S/C13H17F2N/c1-4-9(2)5-13(16-3)10-6-11(14)8-12(15)7-10/h6-8,13,16H,2,4-5H2,1,3H3. The summed E-state index contributed by atoms with van der Waals surface area (Å²) in [4.78, 5) is 0. The summed E-state index contributed by atoms with van der Waals surface area (Å²) in [5, 5.41) is 3.04. The molecule has 0 aliphatic carbocycles. The first-order valence-corrected chi connectivity index (χ1v) is 5.36. The van der Waals surface area contributed by atoms with Crippen molar-refractivity contribution < 1.29 is 8.78 Å². The van der Waals surface area contributed by atoms with E-state index >= 15 is 0 Å². The number of halogens is 2. The predicted octanol–water partition coefficient (Wildman–Crippen LogP) is 3.58. The molecule has 1 N–H and O–H groups in total. The van der Waals surface area contributed by atoms with Crippen LogP contribution < -0.4 is 5.32 Å². The van der Waals surface area contributed by atoms with E-state index in [0.29, 0.717) is 12.0 Å². The van der Waals surface area contributed by atoms with Crippen LogP contribution in [0.1, 0.15) is 31.4 Å². The fourth-order valence-corrected chi connectivity index (χ4v) is 1.60. The molecule has 1 nitrogen and oxygen atoms in total. The zero-order valence-corrected chi connectivity index (χ0v) is 9.69. The van der Waals surface area contributed by atoms with E-state index in [0.717, 1.165) is 18.1 Å². The third-order valence-electron chi connectivity index (χ3n) is 2.63. The average Bonchev–Trinajstić information content (AvgIpc) is 2.24. The second kappa shape index (κ2) is 5.75. The van der Waals surface area contributed by atoms with Crippen LogP contribution in [0, 0.1) is 11.6 Å². The molecule has 0 bridgehead atoms. The molecule has 0 amide bonds. The van der Waals surface area contributed by atoms with Gasteiger partial charge in [-0.1, -0.05) is 19.1 Å². The Hall–Kier alpha value is -1.22. The maximum Gasteiger partial charge on any atom is 0.126 e. The summed E-state index contributed by atoms with van der Waals surface area (Å²) in [6.45, 7) is 5.92. The van der Waals surface area contributed by atoms with Gasteiger partial charge in [0.05, 0.1) is 0 Å². The molecule has 1 rings (SSSR count). The van der Waals surface area contributed by atoms with Crippen LogP contribution in [0.3, 0.4) is 0 Å². The molecule has 1 unspecified atom stereocenters. The molecule has 3 heteroatoms. The monoisotopic (exact) mass is 225 g/mol. The fourth-order valence-electron chi connectivity index (χ4n) is 1.60. The van der Waals surface area contributed by atoms with Gasteiger partial charge in [-0.3, -0.25) is 0 Å². The zero-order chi connectivity index (χ0) is 12.1. The van der Waals surface area contributed by atoms with E-state index in [4.69, 9.17) is 0 Å². The maximum atomic E-state index is 13.1. The van der Waals surface area contributed by atoms with Crippen LogP contribution in [0.25, 0.3) is 0 Å². The Balaban J connectivity index is 2.90. The van der Waals surface area contributed by atoms with E-state index in [1.54, 1.807) is 7.05 Å². The molecule has 0 saturated carbocycles. The molecule has 0 spiro atoms. The van der Waals surface area contributed by atoms with Crippen molar-refractivity contribution in [3.8, 4) is 0 Å². The summed E-state index contributed by atoms with van der Waals surface area (Å²) in [6.07, 6.45) is 1.56. The summed E-state index contributed by atoms with van der Waals surface area (Å²) in [5.41, 5.74) is 1.68. The molecule has 0 aliphatic heterocycles. The van der Waals surface area contributed by atoms with Gasteiger partial charge < -0.3 is 5.32 Å². The lowest BCUT2D eigenvalue weighted by atomic mass is 9.98. The molecule has 0 heterocycles. The first kappa shape index (κ1) is 12.8. The quantitative estimate of drug-likeness (QED) is 0.755. The van der Waals surface area contributed by atoms with Gasteiger partial charge in [0.1, 0.15) is 11.6 Å². The van der Waals surface area contributed by atoms with Crippen molar-refractivity contribution in [3.05, 3.63) is 47.5 Å². The van der Waals surface area contributed by atoms with Crippen LogP contribution in [-0.4, -0.2) is 7.05 Å². The lowest BCUT2D eigenvalue weighted by Crippen LogP contribution is -2.17. The van der Waals surface area contributed by atoms with Gasteiger partial charge in [0.25, 0.3) is 0 Å². The van der Waals surface area contributed by atoms with Crippen molar-refractivity contribution in [2.24, 2.45) is 0 Å². The second-order valence-electron chi connectivity index (χ2n) is 3.85. The zero-order valence-electron chi connectivity index (χ0n) is 9.69. The Morgan fingerprint density at radius 2 is 1.88 bits per heavy atom. The minimum absolute atomic E-state index is 0.0855. The summed E-state index contributed by atoms with van der Waals surface area (Å²) >= 11 is 0. The van der Waals surface area contributed by atoms with Crippen LogP contribution >= 0.6 is 0 Å². The number of nitrogens with one attached hydrogen (secondary N) is 1. The molecule has 0 aromatic heterocycles. The SMILES string of the molecule is C=C(CC)CC(NC)c1cc(F)cc(F)c1. The second-order valence-corrected chi connectivity index (χ2v) is 3.85. The van der Waals surface area contributed by atoms with E-state index in [9.17, 15) is 8.78 Å². The van der Waals surface area contributed by atoms with Gasteiger partial charge in [-0.25, -0.2) is 8.78 Å². The first-order valence-electron chi connectivity index (χ1n) is 5.36. The lowest BCUT2D eigenvalue weighted by molar-refractivity contribution is 0.547. The van der Waals surface area contributed by atoms with Crippen molar-refractivity contribution in [1.82, 2.24) is 5.32 Å². The summed E-state index contributed by atoms with van der Waals surface area (Å²) in [5.74, 6) is -1.09. The van der Waals surface area contributed by atoms with Crippen molar-refractivity contribution in [2.75, 3.05) is 7.05 Å². The Bertz CT molecular complexity index is 354. The van der Waals surface area contributed by atoms with Crippen LogP contribution in [0.5, 0.6) is 0 Å². The van der Waals surface area contributed by atoms with Crippen LogP contribution in [0.15, 0.2) is 30.4 Å². The molecule has 1 aromatic rings. The van der Waals surface area contributed by atoms with Crippen molar-refractivity contribution in [1.29, 1.82) is 0 Å². The van der Waals surface area contributed by atoms with E-state index in [-0.39, 0.29) is 6.04 Å². The highest BCUT2D eigenvalue weighted by Gasteiger charge is 2.12. The highest BCUT2D eigenvalue weighted by Crippen LogP contribution is 2.23. The van der Waals surface area contributed by atoms with Gasteiger partial charge in [-0.05, 0) is 37.6 Å². The Kier molecular flexibility index (Phi) is 4.62. The van der Waals surface area contributed by atoms with E-state index < -0.39 is 11.6 Å². The lowest BCUT2D eigenvalue weighted by Gasteiger charge is -2.17. The van der Waals surface area contributed by atoms with Gasteiger partial charge in [-0.15, -0.1) is 0 Å². The van der Waals surface area contributed by atoms with E-state index in [1.165, 1.54) is 12.1 Å². The minimum Gasteiger partial charge on any atom is -0.313 e. The number of rotatable bonds is 5. The summed E-state index contributed by atoms with van der Waals surface area (Å²) in [7, 11) is 1.77. The third-order valence-corrected chi connectivity index (χ3v) is 2.63. The highest BCUT2D eigenvalue weighted by molar-refractivity contribution is 5.23. The molecule has 0 saturated heterocycles. The smallest absolute Gasteiger partial charge is 0.126 e. The molecule has 0 aliphatic rings. The average molecular weight is 225 g/mol. The first-order chi connectivity index (χ1) is 7.56. The van der Waals surface area contributed by atoms with Gasteiger partial charge in [0.15, 0.2) is 0 Å². The molecule has 16 heavy (non-hydrogen) atoms. The maximum absolute atomic E-state index is 13.1. The van der Waals surface area contributed by atoms with Crippen LogP contribution in [-0.2, 0) is 0 Å². The molecule has 0 fully saturated rings. The Labute approximate surface area is 95.2 Å². The summed E-state index contributed by atoms with van der Waals surface area (Å²) < 4.78 is 26.1. The van der Waals surface area contributed by atoms with Crippen LogP contribution in [0.4, 0.5) is 8.78 Å². The Morgan fingerprint density at radius 3 is 2.31 bits per heavy atom. The largest absolute Gasteiger partial charge is 0.313 e. The van der Waals surface area contributed by atoms with Crippen molar-refractivity contribution >= 4 is 0 Å². The van der Waals surface area contributed by atoms with Crippen LogP contribution in [0.2, 0.25) is 0 Å². The van der Waals surface area contributed by atoms with E-state index in [1.807, 2.05) is 6.92 Å². The molecule has 88 valence electrons. The number of benzene rings is 1. The normalized spacial score (nSPS) is 12.5. The number of hydrogen-bond acceptors (Lipinski definition) is 1. The van der Waals surface area contributed by atoms with Crippen molar-refractivity contribution in [2.45, 2.75) is 25.8 Å². The molecule has 1 atom stereocenters. The fraction of sp³-hybridized carbons (Fsp3) is 0.385. The molecule has 1 aromatic carbocycles. The highest BCUT2D eigenvalue weighted by atomic mass is 19.1. The summed E-state index contributed by atoms with van der Waals surface area (Å²) in [6, 6.07) is 3.50. The molecular weight excluding hydrogens is 208 g/mol. The predicted molar refractivity (Wildman–Crippen MR) is 62.2 cm³/mol. The van der Waals surface area contributed by atoms with Gasteiger partial charge in [-0.2, -0.15) is 0 Å². The van der Waals surface area contributed by atoms with Crippen molar-refractivity contribution in [3.63, 3.8) is 0 Å². The minimum atomic E-state index is -0.544. The molecular formula is C13H17F2N. The Morgan fingerprint density at radius 1 is 1.31 bits per heavy atom. The number of hydrogen-bond donors (Lipinski definition) is 1. The topological polar surface area (TPSA) is 12.0 Å².